The molecule has 1 heterocycles. The molecule has 2 rings (SSSR count). The second-order valence-electron chi connectivity index (χ2n) is 4.42. The molecule has 0 radical (unpaired) electrons. The molecule has 4 heteroatoms. The highest BCUT2D eigenvalue weighted by atomic mass is 32.2. The summed E-state index contributed by atoms with van der Waals surface area (Å²) in [6, 6.07) is 3.60. The molecule has 0 aromatic heterocycles. The first-order valence-electron chi connectivity index (χ1n) is 5.98. The van der Waals surface area contributed by atoms with E-state index in [2.05, 4.69) is 5.32 Å². The third-order valence-electron chi connectivity index (χ3n) is 3.10. The monoisotopic (exact) mass is 257 g/mol. The summed E-state index contributed by atoms with van der Waals surface area (Å²) < 4.78 is 26.3. The maximum atomic E-state index is 13.3. The van der Waals surface area contributed by atoms with Gasteiger partial charge in [-0.3, -0.25) is 0 Å². The summed E-state index contributed by atoms with van der Waals surface area (Å²) in [5.74, 6) is 2.42. The Balaban J connectivity index is 1.79. The van der Waals surface area contributed by atoms with Crippen LogP contribution in [0.1, 0.15) is 18.4 Å². The van der Waals surface area contributed by atoms with Crippen LogP contribution in [0.4, 0.5) is 8.78 Å². The van der Waals surface area contributed by atoms with Crippen LogP contribution >= 0.6 is 11.8 Å². The smallest absolute Gasteiger partial charge is 0.127 e. The molecule has 1 saturated heterocycles. The molecule has 1 fully saturated rings. The Hall–Kier alpha value is -0.610. The average Bonchev–Trinajstić information content (AvgIpc) is 2.35. The van der Waals surface area contributed by atoms with Crippen LogP contribution in [0.15, 0.2) is 18.2 Å². The van der Waals surface area contributed by atoms with Gasteiger partial charge < -0.3 is 5.32 Å². The summed E-state index contributed by atoms with van der Waals surface area (Å²) in [7, 11) is 0. The van der Waals surface area contributed by atoms with Crippen LogP contribution in [0.2, 0.25) is 0 Å². The van der Waals surface area contributed by atoms with Crippen LogP contribution in [-0.2, 0) is 6.54 Å². The number of thioether (sulfide) groups is 1. The Labute approximate surface area is 105 Å². The van der Waals surface area contributed by atoms with Gasteiger partial charge in [0.25, 0.3) is 0 Å². The molecular weight excluding hydrogens is 240 g/mol. The van der Waals surface area contributed by atoms with E-state index < -0.39 is 0 Å². The molecule has 0 atom stereocenters. The number of benzene rings is 1. The van der Waals surface area contributed by atoms with E-state index in [-0.39, 0.29) is 11.6 Å². The lowest BCUT2D eigenvalue weighted by molar-refractivity contribution is 0.443. The Morgan fingerprint density at radius 1 is 1.24 bits per heavy atom. The molecule has 1 N–H and O–H groups in total. The van der Waals surface area contributed by atoms with Crippen molar-refractivity contribution in [2.75, 3.05) is 18.1 Å². The first kappa shape index (κ1) is 12.8. The molecule has 1 aromatic carbocycles. The van der Waals surface area contributed by atoms with E-state index in [1.807, 2.05) is 11.8 Å². The van der Waals surface area contributed by atoms with Crippen molar-refractivity contribution in [2.24, 2.45) is 5.92 Å². The molecule has 1 aliphatic heterocycles. The summed E-state index contributed by atoms with van der Waals surface area (Å²) >= 11 is 2.00. The summed E-state index contributed by atoms with van der Waals surface area (Å²) in [6.07, 6.45) is 2.45. The first-order chi connectivity index (χ1) is 8.25. The Morgan fingerprint density at radius 3 is 2.76 bits per heavy atom. The summed E-state index contributed by atoms with van der Waals surface area (Å²) in [5.41, 5.74) is 0.412. The van der Waals surface area contributed by atoms with Crippen LogP contribution in [0.3, 0.4) is 0 Å². The zero-order valence-corrected chi connectivity index (χ0v) is 10.5. The van der Waals surface area contributed by atoms with Crippen LogP contribution in [0.25, 0.3) is 0 Å². The Morgan fingerprint density at radius 2 is 2.00 bits per heavy atom. The van der Waals surface area contributed by atoms with Gasteiger partial charge >= 0.3 is 0 Å². The number of halogens is 2. The third-order valence-corrected chi connectivity index (χ3v) is 4.15. The minimum absolute atomic E-state index is 0.335. The highest BCUT2D eigenvalue weighted by molar-refractivity contribution is 7.99. The molecule has 0 saturated carbocycles. The van der Waals surface area contributed by atoms with Crippen LogP contribution in [0.5, 0.6) is 0 Å². The van der Waals surface area contributed by atoms with Crippen molar-refractivity contribution in [3.8, 4) is 0 Å². The predicted molar refractivity (Wildman–Crippen MR) is 68.1 cm³/mol. The molecule has 17 heavy (non-hydrogen) atoms. The fourth-order valence-electron chi connectivity index (χ4n) is 2.04. The second-order valence-corrected chi connectivity index (χ2v) is 5.65. The van der Waals surface area contributed by atoms with E-state index >= 15 is 0 Å². The normalized spacial score (nSPS) is 17.3. The minimum atomic E-state index is -0.378. The molecule has 94 valence electrons. The van der Waals surface area contributed by atoms with Gasteiger partial charge in [-0.25, -0.2) is 8.78 Å². The fourth-order valence-corrected chi connectivity index (χ4v) is 3.24. The zero-order chi connectivity index (χ0) is 12.1. The van der Waals surface area contributed by atoms with Gasteiger partial charge in [0.15, 0.2) is 0 Å². The van der Waals surface area contributed by atoms with Crippen molar-refractivity contribution < 1.29 is 8.78 Å². The fraction of sp³-hybridized carbons (Fsp3) is 0.538. The second kappa shape index (κ2) is 6.36. The van der Waals surface area contributed by atoms with Gasteiger partial charge in [0, 0.05) is 12.1 Å². The number of hydrogen-bond acceptors (Lipinski definition) is 2. The highest BCUT2D eigenvalue weighted by Gasteiger charge is 2.13. The van der Waals surface area contributed by atoms with Gasteiger partial charge in [-0.05, 0) is 55.0 Å². The van der Waals surface area contributed by atoms with Crippen molar-refractivity contribution in [2.45, 2.75) is 19.4 Å². The molecule has 0 aliphatic carbocycles. The van der Waals surface area contributed by atoms with Crippen LogP contribution in [-0.4, -0.2) is 18.1 Å². The maximum absolute atomic E-state index is 13.3. The van der Waals surface area contributed by atoms with E-state index in [0.717, 1.165) is 12.6 Å². The van der Waals surface area contributed by atoms with Gasteiger partial charge in [0.05, 0.1) is 0 Å². The predicted octanol–water partition coefficient (Wildman–Crippen LogP) is 3.20. The lowest BCUT2D eigenvalue weighted by Gasteiger charge is -2.21. The number of rotatable bonds is 4. The summed E-state index contributed by atoms with van der Waals surface area (Å²) in [6.45, 7) is 1.31. The van der Waals surface area contributed by atoms with Crippen molar-refractivity contribution in [1.29, 1.82) is 0 Å². The third kappa shape index (κ3) is 3.96. The van der Waals surface area contributed by atoms with Gasteiger partial charge in [-0.15, -0.1) is 0 Å². The van der Waals surface area contributed by atoms with Crippen molar-refractivity contribution >= 4 is 11.8 Å². The summed E-state index contributed by atoms with van der Waals surface area (Å²) in [5, 5.41) is 3.22. The standard InChI is InChI=1S/C13H17F2NS/c14-12-1-2-13(15)11(7-12)9-16-8-10-3-5-17-6-4-10/h1-2,7,10,16H,3-6,8-9H2. The first-order valence-corrected chi connectivity index (χ1v) is 7.13. The Bertz CT molecular complexity index is 364. The average molecular weight is 257 g/mol. The molecule has 0 spiro atoms. The lowest BCUT2D eigenvalue weighted by atomic mass is 10.0. The largest absolute Gasteiger partial charge is 0.312 e. The van der Waals surface area contributed by atoms with Gasteiger partial charge in [0.1, 0.15) is 11.6 Å². The topological polar surface area (TPSA) is 12.0 Å². The SMILES string of the molecule is Fc1ccc(F)c(CNCC2CCSCC2)c1. The van der Waals surface area contributed by atoms with Crippen molar-refractivity contribution in [3.63, 3.8) is 0 Å². The number of hydrogen-bond donors (Lipinski definition) is 1. The van der Waals surface area contributed by atoms with Crippen LogP contribution in [0, 0.1) is 17.6 Å². The minimum Gasteiger partial charge on any atom is -0.312 e. The highest BCUT2D eigenvalue weighted by Crippen LogP contribution is 2.22. The molecule has 0 unspecified atom stereocenters. The molecular formula is C13H17F2NS. The van der Waals surface area contributed by atoms with Crippen LogP contribution < -0.4 is 5.32 Å². The van der Waals surface area contributed by atoms with Gasteiger partial charge in [-0.1, -0.05) is 0 Å². The zero-order valence-electron chi connectivity index (χ0n) is 9.72. The molecule has 1 nitrogen and oxygen atoms in total. The van der Waals surface area contributed by atoms with E-state index in [4.69, 9.17) is 0 Å². The molecule has 0 amide bonds. The van der Waals surface area contributed by atoms with E-state index in [0.29, 0.717) is 18.0 Å². The summed E-state index contributed by atoms with van der Waals surface area (Å²) in [4.78, 5) is 0. The van der Waals surface area contributed by atoms with E-state index in [9.17, 15) is 8.78 Å². The van der Waals surface area contributed by atoms with E-state index in [1.54, 1.807) is 0 Å². The van der Waals surface area contributed by atoms with Gasteiger partial charge in [0.2, 0.25) is 0 Å². The lowest BCUT2D eigenvalue weighted by Crippen LogP contribution is -2.25. The molecule has 1 aliphatic rings. The number of nitrogens with one attached hydrogen (secondary N) is 1. The quantitative estimate of drug-likeness (QED) is 0.889. The van der Waals surface area contributed by atoms with Crippen molar-refractivity contribution in [1.82, 2.24) is 5.32 Å². The van der Waals surface area contributed by atoms with Crippen molar-refractivity contribution in [3.05, 3.63) is 35.4 Å². The van der Waals surface area contributed by atoms with E-state index in [1.165, 1.54) is 36.5 Å². The Kier molecular flexibility index (Phi) is 4.80. The molecule has 1 aromatic rings. The van der Waals surface area contributed by atoms with Gasteiger partial charge in [-0.2, -0.15) is 11.8 Å². The molecule has 0 bridgehead atoms. The maximum Gasteiger partial charge on any atom is 0.127 e.